The minimum atomic E-state index is -1.00. The molecule has 0 atom stereocenters. The summed E-state index contributed by atoms with van der Waals surface area (Å²) in [6.07, 6.45) is 5.02. The van der Waals surface area contributed by atoms with Crippen molar-refractivity contribution in [2.24, 2.45) is 0 Å². The molecule has 2 N–H and O–H groups in total. The van der Waals surface area contributed by atoms with Crippen LogP contribution in [-0.2, 0) is 5.41 Å². The summed E-state index contributed by atoms with van der Waals surface area (Å²) in [7, 11) is 0. The summed E-state index contributed by atoms with van der Waals surface area (Å²) < 4.78 is 0. The number of carbonyl (C=O) groups is 2. The van der Waals surface area contributed by atoms with Gasteiger partial charge in [-0.2, -0.15) is 0 Å². The van der Waals surface area contributed by atoms with E-state index in [1.165, 1.54) is 17.7 Å². The Morgan fingerprint density at radius 1 is 0.941 bits per heavy atom. The Bertz CT molecular complexity index is 1470. The Kier molecular flexibility index (Phi) is 5.25. The van der Waals surface area contributed by atoms with E-state index in [9.17, 15) is 9.59 Å². The molecule has 1 heterocycles. The number of benzene rings is 3. The van der Waals surface area contributed by atoms with Gasteiger partial charge in [0.05, 0.1) is 11.1 Å². The van der Waals surface area contributed by atoms with Gasteiger partial charge in [-0.3, -0.25) is 9.78 Å². The van der Waals surface area contributed by atoms with Crippen molar-refractivity contribution in [3.8, 4) is 0 Å². The molecule has 0 bridgehead atoms. The summed E-state index contributed by atoms with van der Waals surface area (Å²) >= 11 is 0. The third kappa shape index (κ3) is 3.97. The van der Waals surface area contributed by atoms with E-state index in [0.717, 1.165) is 34.0 Å². The monoisotopic (exact) mass is 448 g/mol. The molecule has 3 aromatic carbocycles. The number of nitrogens with zero attached hydrogens (tertiary/aromatic N) is 1. The van der Waals surface area contributed by atoms with Crippen LogP contribution in [-0.4, -0.2) is 22.0 Å². The van der Waals surface area contributed by atoms with E-state index in [4.69, 9.17) is 5.11 Å². The Morgan fingerprint density at radius 3 is 2.44 bits per heavy atom. The van der Waals surface area contributed by atoms with E-state index < -0.39 is 5.97 Å². The first-order valence-electron chi connectivity index (χ1n) is 11.2. The summed E-state index contributed by atoms with van der Waals surface area (Å²) in [5.41, 5.74) is 6.48. The number of anilines is 1. The number of carboxylic acid groups (broad SMARTS) is 1. The van der Waals surface area contributed by atoms with Crippen LogP contribution in [0.5, 0.6) is 0 Å². The molecule has 0 unspecified atom stereocenters. The number of aromatic carboxylic acids is 1. The van der Waals surface area contributed by atoms with Crippen LogP contribution in [0.2, 0.25) is 0 Å². The highest BCUT2D eigenvalue weighted by molar-refractivity contribution is 6.05. The molecule has 4 aromatic rings. The fraction of sp³-hybridized carbons (Fsp3) is 0.138. The quantitative estimate of drug-likeness (QED) is 0.384. The van der Waals surface area contributed by atoms with Gasteiger partial charge in [0.2, 0.25) is 0 Å². The van der Waals surface area contributed by atoms with Crippen LogP contribution in [0.3, 0.4) is 0 Å². The maximum absolute atomic E-state index is 13.0. The van der Waals surface area contributed by atoms with Gasteiger partial charge in [0.15, 0.2) is 0 Å². The minimum absolute atomic E-state index is 0.0508. The smallest absolute Gasteiger partial charge is 0.335 e. The van der Waals surface area contributed by atoms with Crippen molar-refractivity contribution >= 4 is 34.0 Å². The van der Waals surface area contributed by atoms with Gasteiger partial charge >= 0.3 is 5.97 Å². The maximum Gasteiger partial charge on any atom is 0.335 e. The summed E-state index contributed by atoms with van der Waals surface area (Å²) in [5.74, 6) is -1.25. The normalized spacial score (nSPS) is 14.2. The fourth-order valence-electron chi connectivity index (χ4n) is 4.47. The first kappa shape index (κ1) is 21.6. The number of rotatable bonds is 4. The van der Waals surface area contributed by atoms with Crippen molar-refractivity contribution in [2.45, 2.75) is 25.7 Å². The fourth-order valence-corrected chi connectivity index (χ4v) is 4.47. The van der Waals surface area contributed by atoms with Gasteiger partial charge in [-0.05, 0) is 77.1 Å². The lowest BCUT2D eigenvalue weighted by Crippen LogP contribution is -2.23. The summed E-state index contributed by atoms with van der Waals surface area (Å²) in [5, 5.41) is 13.0. The van der Waals surface area contributed by atoms with Crippen LogP contribution in [0.15, 0.2) is 85.1 Å². The summed E-state index contributed by atoms with van der Waals surface area (Å²) in [6.45, 7) is 4.42. The van der Waals surface area contributed by atoms with Crippen molar-refractivity contribution in [1.82, 2.24) is 4.98 Å². The number of para-hydroxylation sites is 1. The Morgan fingerprint density at radius 2 is 1.68 bits per heavy atom. The van der Waals surface area contributed by atoms with E-state index in [1.54, 1.807) is 12.1 Å². The van der Waals surface area contributed by atoms with Crippen LogP contribution in [0, 0.1) is 0 Å². The van der Waals surface area contributed by atoms with E-state index in [0.29, 0.717) is 11.3 Å². The molecular weight excluding hydrogens is 424 g/mol. The molecule has 5 rings (SSSR count). The molecule has 34 heavy (non-hydrogen) atoms. The number of fused-ring (bicyclic) bond motifs is 2. The number of hydrogen-bond acceptors (Lipinski definition) is 3. The number of carboxylic acids is 1. The second kappa shape index (κ2) is 8.27. The lowest BCUT2D eigenvalue weighted by atomic mass is 9.72. The largest absolute Gasteiger partial charge is 0.478 e. The zero-order valence-corrected chi connectivity index (χ0v) is 19.0. The highest BCUT2D eigenvalue weighted by atomic mass is 16.4. The van der Waals surface area contributed by atoms with E-state index in [1.807, 2.05) is 42.6 Å². The van der Waals surface area contributed by atoms with Gasteiger partial charge in [-0.25, -0.2) is 4.79 Å². The molecule has 1 aliphatic rings. The molecule has 5 nitrogen and oxygen atoms in total. The van der Waals surface area contributed by atoms with Crippen LogP contribution in [0.25, 0.3) is 16.5 Å². The molecule has 1 amide bonds. The Labute approximate surface area is 197 Å². The molecule has 1 aliphatic carbocycles. The number of hydrogen-bond donors (Lipinski definition) is 2. The molecule has 0 aliphatic heterocycles. The van der Waals surface area contributed by atoms with Crippen LogP contribution in [0.4, 0.5) is 5.69 Å². The van der Waals surface area contributed by atoms with Crippen LogP contribution >= 0.6 is 0 Å². The molecule has 0 fully saturated rings. The number of pyridine rings is 1. The second-order valence-electron chi connectivity index (χ2n) is 9.22. The van der Waals surface area contributed by atoms with Gasteiger partial charge in [-0.1, -0.05) is 44.2 Å². The zero-order valence-electron chi connectivity index (χ0n) is 19.0. The first-order chi connectivity index (χ1) is 16.3. The first-order valence-corrected chi connectivity index (χ1v) is 11.2. The lowest BCUT2D eigenvalue weighted by molar-refractivity contribution is 0.0696. The van der Waals surface area contributed by atoms with Crippen molar-refractivity contribution in [2.75, 3.05) is 5.32 Å². The number of allylic oxidation sites excluding steroid dienone is 1. The van der Waals surface area contributed by atoms with Gasteiger partial charge in [0.25, 0.3) is 5.91 Å². The topological polar surface area (TPSA) is 79.3 Å². The number of aromatic nitrogens is 1. The minimum Gasteiger partial charge on any atom is -0.478 e. The molecule has 0 saturated heterocycles. The molecule has 1 aromatic heterocycles. The van der Waals surface area contributed by atoms with Crippen molar-refractivity contribution < 1.29 is 14.7 Å². The third-order valence-corrected chi connectivity index (χ3v) is 6.41. The predicted molar refractivity (Wildman–Crippen MR) is 134 cm³/mol. The Hall–Kier alpha value is -4.25. The number of carbonyl (C=O) groups excluding carboxylic acids is 1. The number of amides is 1. The highest BCUT2D eigenvalue weighted by Gasteiger charge is 2.29. The average Bonchev–Trinajstić information content (AvgIpc) is 2.84. The molecule has 0 saturated carbocycles. The highest BCUT2D eigenvalue weighted by Crippen LogP contribution is 2.42. The standard InChI is InChI=1S/C29H24N2O3/c1-29(2)14-13-23(21-15-19-5-3-4-6-26(19)30-17-21)24-16-20(9-12-25(24)29)27(32)31-22-10-7-18(8-11-22)28(33)34/h3-13,15-17H,14H2,1-2H3,(H,31,32)(H,33,34). The third-order valence-electron chi connectivity index (χ3n) is 6.41. The van der Waals surface area contributed by atoms with Gasteiger partial charge < -0.3 is 10.4 Å². The van der Waals surface area contributed by atoms with Gasteiger partial charge in [0, 0.05) is 28.4 Å². The van der Waals surface area contributed by atoms with Gasteiger partial charge in [-0.15, -0.1) is 0 Å². The second-order valence-corrected chi connectivity index (χ2v) is 9.22. The molecular formula is C29H24N2O3. The Balaban J connectivity index is 1.51. The van der Waals surface area contributed by atoms with Crippen molar-refractivity contribution in [3.05, 3.63) is 113 Å². The van der Waals surface area contributed by atoms with Crippen LogP contribution < -0.4 is 5.32 Å². The molecule has 168 valence electrons. The van der Waals surface area contributed by atoms with E-state index in [2.05, 4.69) is 42.4 Å². The molecule has 5 heteroatoms. The SMILES string of the molecule is CC1(C)CC=C(c2cnc3ccccc3c2)c2cc(C(=O)Nc3ccc(C(=O)O)cc3)ccc21. The lowest BCUT2D eigenvalue weighted by Gasteiger charge is -2.32. The molecule has 0 spiro atoms. The predicted octanol–water partition coefficient (Wildman–Crippen LogP) is 6.30. The van der Waals surface area contributed by atoms with Crippen molar-refractivity contribution in [3.63, 3.8) is 0 Å². The maximum atomic E-state index is 13.0. The zero-order chi connectivity index (χ0) is 23.9. The summed E-state index contributed by atoms with van der Waals surface area (Å²) in [6, 6.07) is 22.1. The van der Waals surface area contributed by atoms with E-state index in [-0.39, 0.29) is 16.9 Å². The number of nitrogens with one attached hydrogen (secondary N) is 1. The summed E-state index contributed by atoms with van der Waals surface area (Å²) in [4.78, 5) is 28.7. The van der Waals surface area contributed by atoms with Crippen molar-refractivity contribution in [1.29, 1.82) is 0 Å². The van der Waals surface area contributed by atoms with Gasteiger partial charge in [0.1, 0.15) is 0 Å². The molecule has 0 radical (unpaired) electrons. The van der Waals surface area contributed by atoms with Crippen LogP contribution in [0.1, 0.15) is 57.7 Å². The average molecular weight is 449 g/mol. The van der Waals surface area contributed by atoms with E-state index >= 15 is 0 Å².